The van der Waals surface area contributed by atoms with Gasteiger partial charge in [0.1, 0.15) is 6.61 Å². The van der Waals surface area contributed by atoms with E-state index in [2.05, 4.69) is 50.4 Å². The summed E-state index contributed by atoms with van der Waals surface area (Å²) >= 11 is 0. The van der Waals surface area contributed by atoms with Crippen molar-refractivity contribution in [3.05, 3.63) is 59.7 Å². The van der Waals surface area contributed by atoms with E-state index in [0.717, 1.165) is 12.0 Å². The first kappa shape index (κ1) is 17.3. The Labute approximate surface area is 149 Å². The van der Waals surface area contributed by atoms with Gasteiger partial charge in [-0.25, -0.2) is 0 Å². The molecule has 0 saturated carbocycles. The summed E-state index contributed by atoms with van der Waals surface area (Å²) < 4.78 is 11.5. The summed E-state index contributed by atoms with van der Waals surface area (Å²) in [7, 11) is 0. The zero-order chi connectivity index (χ0) is 17.8. The molecule has 1 N–H and O–H groups in total. The number of fused-ring (bicyclic) bond motifs is 1. The number of ether oxygens (including phenoxy) is 2. The van der Waals surface area contributed by atoms with Gasteiger partial charge in [0.2, 0.25) is 6.10 Å². The molecular weight excluding hydrogens is 314 g/mol. The van der Waals surface area contributed by atoms with Gasteiger partial charge in [-0.2, -0.15) is 0 Å². The third-order valence-electron chi connectivity index (χ3n) is 4.51. The molecule has 4 nitrogen and oxygen atoms in total. The van der Waals surface area contributed by atoms with Crippen molar-refractivity contribution in [2.45, 2.75) is 39.3 Å². The van der Waals surface area contributed by atoms with Crippen LogP contribution in [0.3, 0.4) is 0 Å². The molecule has 0 radical (unpaired) electrons. The first-order chi connectivity index (χ1) is 12.1. The predicted molar refractivity (Wildman–Crippen MR) is 97.9 cm³/mol. The molecule has 3 rings (SSSR count). The van der Waals surface area contributed by atoms with Crippen molar-refractivity contribution in [1.29, 1.82) is 0 Å². The second-order valence-corrected chi connectivity index (χ2v) is 6.69. The first-order valence-electron chi connectivity index (χ1n) is 8.86. The minimum absolute atomic E-state index is 0.0563. The van der Waals surface area contributed by atoms with E-state index in [-0.39, 0.29) is 24.5 Å². The summed E-state index contributed by atoms with van der Waals surface area (Å²) in [5.41, 5.74) is 2.40. The van der Waals surface area contributed by atoms with Crippen molar-refractivity contribution in [3.8, 4) is 11.5 Å². The van der Waals surface area contributed by atoms with Crippen LogP contribution in [0.4, 0.5) is 0 Å². The minimum Gasteiger partial charge on any atom is -0.485 e. The van der Waals surface area contributed by atoms with Crippen LogP contribution < -0.4 is 14.8 Å². The number of nitrogens with one attached hydrogen (secondary N) is 1. The van der Waals surface area contributed by atoms with Crippen molar-refractivity contribution >= 4 is 5.91 Å². The molecule has 0 spiro atoms. The SMILES string of the molecule is CCc1ccc([C@@H](NC(=O)[C@@H]2COc3ccccc3O2)C(C)C)cc1. The Kier molecular flexibility index (Phi) is 5.27. The van der Waals surface area contributed by atoms with Crippen LogP contribution in [0, 0.1) is 5.92 Å². The van der Waals surface area contributed by atoms with Crippen molar-refractivity contribution < 1.29 is 14.3 Å². The van der Waals surface area contributed by atoms with E-state index >= 15 is 0 Å². The molecule has 1 aliphatic heterocycles. The van der Waals surface area contributed by atoms with Crippen LogP contribution in [0.15, 0.2) is 48.5 Å². The summed E-state index contributed by atoms with van der Waals surface area (Å²) in [5.74, 6) is 1.42. The monoisotopic (exact) mass is 339 g/mol. The number of aryl methyl sites for hydroxylation is 1. The van der Waals surface area contributed by atoms with Crippen LogP contribution in [0.25, 0.3) is 0 Å². The molecule has 0 unspecified atom stereocenters. The van der Waals surface area contributed by atoms with Gasteiger partial charge < -0.3 is 14.8 Å². The van der Waals surface area contributed by atoms with E-state index in [1.807, 2.05) is 24.3 Å². The highest BCUT2D eigenvalue weighted by molar-refractivity contribution is 5.82. The van der Waals surface area contributed by atoms with E-state index in [9.17, 15) is 4.79 Å². The van der Waals surface area contributed by atoms with Gasteiger partial charge in [-0.1, -0.05) is 57.2 Å². The average molecular weight is 339 g/mol. The molecule has 0 bridgehead atoms. The molecule has 1 amide bonds. The number of para-hydroxylation sites is 2. The normalized spacial score (nSPS) is 17.2. The number of rotatable bonds is 5. The van der Waals surface area contributed by atoms with Gasteiger partial charge in [0.05, 0.1) is 6.04 Å². The number of amides is 1. The fourth-order valence-corrected chi connectivity index (χ4v) is 2.99. The van der Waals surface area contributed by atoms with Crippen LogP contribution in [0.2, 0.25) is 0 Å². The van der Waals surface area contributed by atoms with E-state index < -0.39 is 6.10 Å². The molecule has 4 heteroatoms. The van der Waals surface area contributed by atoms with Crippen molar-refractivity contribution in [2.75, 3.05) is 6.61 Å². The van der Waals surface area contributed by atoms with Gasteiger partial charge in [0, 0.05) is 0 Å². The number of benzene rings is 2. The van der Waals surface area contributed by atoms with Gasteiger partial charge in [0.15, 0.2) is 11.5 Å². The third kappa shape index (κ3) is 3.95. The zero-order valence-electron chi connectivity index (χ0n) is 15.0. The summed E-state index contributed by atoms with van der Waals surface area (Å²) in [4.78, 5) is 12.7. The smallest absolute Gasteiger partial charge is 0.265 e. The van der Waals surface area contributed by atoms with Gasteiger partial charge in [-0.05, 0) is 35.6 Å². The molecule has 132 valence electrons. The van der Waals surface area contributed by atoms with E-state index in [1.54, 1.807) is 0 Å². The highest BCUT2D eigenvalue weighted by Crippen LogP contribution is 2.31. The Morgan fingerprint density at radius 3 is 2.44 bits per heavy atom. The molecular formula is C21H25NO3. The Hall–Kier alpha value is -2.49. The lowest BCUT2D eigenvalue weighted by Crippen LogP contribution is -2.46. The molecule has 0 saturated heterocycles. The molecule has 0 aliphatic carbocycles. The predicted octanol–water partition coefficient (Wildman–Crippen LogP) is 3.90. The maximum Gasteiger partial charge on any atom is 0.265 e. The molecule has 25 heavy (non-hydrogen) atoms. The summed E-state index contributed by atoms with van der Waals surface area (Å²) in [5, 5.41) is 3.13. The van der Waals surface area contributed by atoms with Crippen LogP contribution in [0.5, 0.6) is 11.5 Å². The third-order valence-corrected chi connectivity index (χ3v) is 4.51. The van der Waals surface area contributed by atoms with Gasteiger partial charge in [-0.3, -0.25) is 4.79 Å². The Morgan fingerprint density at radius 2 is 1.80 bits per heavy atom. The number of carbonyl (C=O) groups excluding carboxylic acids is 1. The molecule has 0 aromatic heterocycles. The van der Waals surface area contributed by atoms with E-state index in [0.29, 0.717) is 11.5 Å². The molecule has 1 heterocycles. The average Bonchev–Trinajstić information content (AvgIpc) is 2.65. The largest absolute Gasteiger partial charge is 0.485 e. The standard InChI is InChI=1S/C21H25NO3/c1-4-15-9-11-16(12-10-15)20(14(2)3)22-21(23)19-13-24-17-7-5-6-8-18(17)25-19/h5-12,14,19-20H,4,13H2,1-3H3,(H,22,23)/t19-,20-/m0/s1. The Bertz CT molecular complexity index is 724. The molecule has 2 aromatic rings. The molecule has 2 atom stereocenters. The maximum absolute atomic E-state index is 12.7. The molecule has 2 aromatic carbocycles. The van der Waals surface area contributed by atoms with Gasteiger partial charge in [0.25, 0.3) is 5.91 Å². The van der Waals surface area contributed by atoms with Crippen LogP contribution in [0.1, 0.15) is 37.9 Å². The summed E-state index contributed by atoms with van der Waals surface area (Å²) in [6.45, 7) is 6.57. The quantitative estimate of drug-likeness (QED) is 0.899. The number of hydrogen-bond acceptors (Lipinski definition) is 3. The number of carbonyl (C=O) groups is 1. The van der Waals surface area contributed by atoms with Crippen molar-refractivity contribution in [3.63, 3.8) is 0 Å². The lowest BCUT2D eigenvalue weighted by Gasteiger charge is -2.29. The second kappa shape index (κ2) is 7.60. The fraction of sp³-hybridized carbons (Fsp3) is 0.381. The lowest BCUT2D eigenvalue weighted by molar-refractivity contribution is -0.131. The maximum atomic E-state index is 12.7. The van der Waals surface area contributed by atoms with E-state index in [4.69, 9.17) is 9.47 Å². The minimum atomic E-state index is -0.633. The van der Waals surface area contributed by atoms with Crippen LogP contribution >= 0.6 is 0 Å². The van der Waals surface area contributed by atoms with Crippen molar-refractivity contribution in [1.82, 2.24) is 5.32 Å². The first-order valence-corrected chi connectivity index (χ1v) is 8.86. The highest BCUT2D eigenvalue weighted by Gasteiger charge is 2.29. The summed E-state index contributed by atoms with van der Waals surface area (Å²) in [6, 6.07) is 15.8. The van der Waals surface area contributed by atoms with E-state index in [1.165, 1.54) is 5.56 Å². The van der Waals surface area contributed by atoms with Gasteiger partial charge >= 0.3 is 0 Å². The van der Waals surface area contributed by atoms with Gasteiger partial charge in [-0.15, -0.1) is 0 Å². The van der Waals surface area contributed by atoms with Crippen molar-refractivity contribution in [2.24, 2.45) is 5.92 Å². The lowest BCUT2D eigenvalue weighted by atomic mass is 9.94. The highest BCUT2D eigenvalue weighted by atomic mass is 16.6. The van der Waals surface area contributed by atoms with Crippen LogP contribution in [-0.2, 0) is 11.2 Å². The van der Waals surface area contributed by atoms with Crippen LogP contribution in [-0.4, -0.2) is 18.6 Å². The molecule has 0 fully saturated rings. The molecule has 1 aliphatic rings. The Morgan fingerprint density at radius 1 is 1.12 bits per heavy atom. The fourth-order valence-electron chi connectivity index (χ4n) is 2.99. The number of hydrogen-bond donors (Lipinski definition) is 1. The second-order valence-electron chi connectivity index (χ2n) is 6.69. The summed E-state index contributed by atoms with van der Waals surface area (Å²) in [6.07, 6.45) is 0.372. The Balaban J connectivity index is 1.71. The topological polar surface area (TPSA) is 47.6 Å². The zero-order valence-corrected chi connectivity index (χ0v) is 15.0.